The van der Waals surface area contributed by atoms with Gasteiger partial charge in [-0.1, -0.05) is 31.5 Å². The van der Waals surface area contributed by atoms with Gasteiger partial charge in [-0.25, -0.2) is 0 Å². The van der Waals surface area contributed by atoms with Gasteiger partial charge in [0.1, 0.15) is 0 Å². The van der Waals surface area contributed by atoms with E-state index in [9.17, 15) is 5.11 Å². The van der Waals surface area contributed by atoms with E-state index in [1.165, 1.54) is 11.1 Å². The molecule has 1 aromatic rings. The number of rotatable bonds is 4. The summed E-state index contributed by atoms with van der Waals surface area (Å²) in [5, 5.41) is 14.0. The Bertz CT molecular complexity index is 456. The van der Waals surface area contributed by atoms with Crippen molar-refractivity contribution in [3.63, 3.8) is 0 Å². The average molecular weight is 282 g/mol. The van der Waals surface area contributed by atoms with E-state index in [-0.39, 0.29) is 17.6 Å². The third kappa shape index (κ3) is 3.31. The number of aliphatic hydroxyl groups is 1. The van der Waals surface area contributed by atoms with Crippen LogP contribution in [0.3, 0.4) is 0 Å². The zero-order valence-corrected chi connectivity index (χ0v) is 13.0. The van der Waals surface area contributed by atoms with Crippen molar-refractivity contribution in [2.24, 2.45) is 5.41 Å². The highest BCUT2D eigenvalue weighted by atomic mass is 35.5. The van der Waals surface area contributed by atoms with Crippen molar-refractivity contribution in [2.45, 2.75) is 58.7 Å². The van der Waals surface area contributed by atoms with Crippen LogP contribution in [0.25, 0.3) is 0 Å². The number of hydrogen-bond acceptors (Lipinski definition) is 2. The molecule has 0 radical (unpaired) electrons. The Morgan fingerprint density at radius 1 is 1.42 bits per heavy atom. The van der Waals surface area contributed by atoms with Crippen LogP contribution < -0.4 is 5.32 Å². The fraction of sp³-hybridized carbons (Fsp3) is 0.625. The number of nitrogens with one attached hydrogen (secondary N) is 1. The topological polar surface area (TPSA) is 32.3 Å². The third-order valence-electron chi connectivity index (χ3n) is 3.99. The lowest BCUT2D eigenvalue weighted by atomic mass is 9.85. The molecule has 19 heavy (non-hydrogen) atoms. The van der Waals surface area contributed by atoms with Crippen LogP contribution in [0, 0.1) is 5.41 Å². The van der Waals surface area contributed by atoms with Gasteiger partial charge < -0.3 is 10.4 Å². The number of hydrogen-bond donors (Lipinski definition) is 2. The number of halogens is 1. The molecule has 3 heteroatoms. The smallest absolute Gasteiger partial charge is 0.0526 e. The molecule has 3 atom stereocenters. The molecule has 2 rings (SSSR count). The van der Waals surface area contributed by atoms with Crippen molar-refractivity contribution in [1.29, 1.82) is 0 Å². The lowest BCUT2D eigenvalue weighted by molar-refractivity contribution is 0.157. The fourth-order valence-corrected chi connectivity index (χ4v) is 3.37. The minimum atomic E-state index is -0.272. The van der Waals surface area contributed by atoms with Crippen LogP contribution in [0.15, 0.2) is 18.2 Å². The van der Waals surface area contributed by atoms with Crippen LogP contribution >= 0.6 is 11.6 Å². The Kier molecular flexibility index (Phi) is 4.24. The van der Waals surface area contributed by atoms with Gasteiger partial charge in [0.25, 0.3) is 0 Å². The van der Waals surface area contributed by atoms with Crippen molar-refractivity contribution < 1.29 is 5.11 Å². The number of aliphatic hydroxyl groups excluding tert-OH is 1. The predicted molar refractivity (Wildman–Crippen MR) is 80.6 cm³/mol. The van der Waals surface area contributed by atoms with Crippen LogP contribution in [0.2, 0.25) is 5.02 Å². The molecule has 0 saturated carbocycles. The number of fused-ring (bicyclic) bond motifs is 1. The van der Waals surface area contributed by atoms with E-state index in [0.29, 0.717) is 6.04 Å². The molecule has 2 nitrogen and oxygen atoms in total. The molecule has 2 N–H and O–H groups in total. The van der Waals surface area contributed by atoms with Gasteiger partial charge in [0.2, 0.25) is 0 Å². The van der Waals surface area contributed by atoms with Crippen molar-refractivity contribution in [3.05, 3.63) is 34.3 Å². The molecule has 106 valence electrons. The van der Waals surface area contributed by atoms with Crippen molar-refractivity contribution in [3.8, 4) is 0 Å². The molecule has 0 aliphatic heterocycles. The molecular weight excluding hydrogens is 258 g/mol. The molecule has 0 fully saturated rings. The molecule has 1 aromatic carbocycles. The van der Waals surface area contributed by atoms with E-state index in [2.05, 4.69) is 38.2 Å². The molecule has 1 aliphatic carbocycles. The highest BCUT2D eigenvalue weighted by molar-refractivity contribution is 6.30. The SMILES string of the molecule is CC(O)CC(C)NC1c2cc(Cl)ccc2CC1(C)C. The van der Waals surface area contributed by atoms with E-state index in [1.54, 1.807) is 0 Å². The summed E-state index contributed by atoms with van der Waals surface area (Å²) in [6.07, 6.45) is 1.56. The van der Waals surface area contributed by atoms with Crippen LogP contribution in [-0.2, 0) is 6.42 Å². The molecule has 1 aliphatic rings. The summed E-state index contributed by atoms with van der Waals surface area (Å²) in [5.41, 5.74) is 2.88. The standard InChI is InChI=1S/C16H24ClNO/c1-10(7-11(2)19)18-15-14-8-13(17)6-5-12(14)9-16(15,3)4/h5-6,8,10-11,15,18-19H,7,9H2,1-4H3. The maximum Gasteiger partial charge on any atom is 0.0526 e. The summed E-state index contributed by atoms with van der Waals surface area (Å²) < 4.78 is 0. The van der Waals surface area contributed by atoms with Gasteiger partial charge in [-0.3, -0.25) is 0 Å². The highest BCUT2D eigenvalue weighted by Crippen LogP contribution is 2.46. The second-order valence-corrected chi connectivity index (χ2v) is 7.03. The second kappa shape index (κ2) is 5.43. The maximum absolute atomic E-state index is 9.51. The number of benzene rings is 1. The maximum atomic E-state index is 9.51. The largest absolute Gasteiger partial charge is 0.393 e. The van der Waals surface area contributed by atoms with E-state index in [4.69, 9.17) is 11.6 Å². The zero-order valence-electron chi connectivity index (χ0n) is 12.2. The minimum Gasteiger partial charge on any atom is -0.393 e. The lowest BCUT2D eigenvalue weighted by Crippen LogP contribution is -2.38. The van der Waals surface area contributed by atoms with Crippen LogP contribution in [0.4, 0.5) is 0 Å². The summed E-state index contributed by atoms with van der Waals surface area (Å²) in [6.45, 7) is 8.54. The molecule has 0 saturated heterocycles. The average Bonchev–Trinajstić information content (AvgIpc) is 2.50. The van der Waals surface area contributed by atoms with Crippen LogP contribution in [-0.4, -0.2) is 17.3 Å². The van der Waals surface area contributed by atoms with E-state index in [0.717, 1.165) is 17.9 Å². The summed E-state index contributed by atoms with van der Waals surface area (Å²) in [4.78, 5) is 0. The van der Waals surface area contributed by atoms with Gasteiger partial charge in [0, 0.05) is 17.1 Å². The second-order valence-electron chi connectivity index (χ2n) is 6.59. The molecule has 0 spiro atoms. The predicted octanol–water partition coefficient (Wildman–Crippen LogP) is 3.71. The molecule has 0 aromatic heterocycles. The Hall–Kier alpha value is -0.570. The Morgan fingerprint density at radius 3 is 2.74 bits per heavy atom. The lowest BCUT2D eigenvalue weighted by Gasteiger charge is -2.32. The van der Waals surface area contributed by atoms with Gasteiger partial charge in [-0.2, -0.15) is 0 Å². The normalized spacial score (nSPS) is 24.0. The first-order chi connectivity index (χ1) is 8.79. The summed E-state index contributed by atoms with van der Waals surface area (Å²) in [7, 11) is 0. The highest BCUT2D eigenvalue weighted by Gasteiger charge is 2.39. The Labute approximate surface area is 121 Å². The quantitative estimate of drug-likeness (QED) is 0.882. The summed E-state index contributed by atoms with van der Waals surface area (Å²) in [6, 6.07) is 6.78. The monoisotopic (exact) mass is 281 g/mol. The van der Waals surface area contributed by atoms with Gasteiger partial charge in [-0.05, 0) is 55.4 Å². The van der Waals surface area contributed by atoms with Gasteiger partial charge >= 0.3 is 0 Å². The van der Waals surface area contributed by atoms with Crippen LogP contribution in [0.1, 0.15) is 51.3 Å². The van der Waals surface area contributed by atoms with E-state index < -0.39 is 0 Å². The van der Waals surface area contributed by atoms with Crippen molar-refractivity contribution in [2.75, 3.05) is 0 Å². The first-order valence-corrected chi connectivity index (χ1v) is 7.40. The van der Waals surface area contributed by atoms with Gasteiger partial charge in [0.05, 0.1) is 6.10 Å². The van der Waals surface area contributed by atoms with Gasteiger partial charge in [-0.15, -0.1) is 0 Å². The summed E-state index contributed by atoms with van der Waals surface area (Å²) in [5.74, 6) is 0. The third-order valence-corrected chi connectivity index (χ3v) is 4.23. The molecule has 0 heterocycles. The first kappa shape index (κ1) is 14.8. The summed E-state index contributed by atoms with van der Waals surface area (Å²) >= 11 is 6.13. The molecule has 0 amide bonds. The van der Waals surface area contributed by atoms with E-state index >= 15 is 0 Å². The Balaban J connectivity index is 2.21. The molecular formula is C16H24ClNO. The van der Waals surface area contributed by atoms with Crippen LogP contribution in [0.5, 0.6) is 0 Å². The fourth-order valence-electron chi connectivity index (χ4n) is 3.19. The minimum absolute atomic E-state index is 0.181. The molecule has 3 unspecified atom stereocenters. The zero-order chi connectivity index (χ0) is 14.2. The van der Waals surface area contributed by atoms with E-state index in [1.807, 2.05) is 13.0 Å². The van der Waals surface area contributed by atoms with Crippen molar-refractivity contribution in [1.82, 2.24) is 5.32 Å². The van der Waals surface area contributed by atoms with Gasteiger partial charge in [0.15, 0.2) is 0 Å². The Morgan fingerprint density at radius 2 is 2.11 bits per heavy atom. The van der Waals surface area contributed by atoms with Crippen molar-refractivity contribution >= 4 is 11.6 Å². The molecule has 0 bridgehead atoms. The first-order valence-electron chi connectivity index (χ1n) is 7.02.